The lowest BCUT2D eigenvalue weighted by atomic mass is 10.1. The van der Waals surface area contributed by atoms with Gasteiger partial charge in [-0.25, -0.2) is 0 Å². The highest BCUT2D eigenvalue weighted by molar-refractivity contribution is 5.98. The Kier molecular flexibility index (Phi) is 3.34. The first kappa shape index (κ1) is 11.6. The summed E-state index contributed by atoms with van der Waals surface area (Å²) < 4.78 is 37.0. The molecule has 1 aromatic rings. The van der Waals surface area contributed by atoms with E-state index in [1.54, 1.807) is 6.92 Å². The molecule has 15 heavy (non-hydrogen) atoms. The van der Waals surface area contributed by atoms with Gasteiger partial charge in [0.25, 0.3) is 0 Å². The normalized spacial score (nSPS) is 12.7. The number of nitrogens with zero attached hydrogens (tertiary/aromatic N) is 1. The molecule has 1 aromatic carbocycles. The van der Waals surface area contributed by atoms with Crippen molar-refractivity contribution in [3.63, 3.8) is 0 Å². The van der Waals surface area contributed by atoms with Gasteiger partial charge in [0.1, 0.15) is 0 Å². The van der Waals surface area contributed by atoms with Crippen molar-refractivity contribution < 1.29 is 18.0 Å². The molecule has 0 unspecified atom stereocenters. The molecule has 2 nitrogen and oxygen atoms in total. The first-order valence-electron chi connectivity index (χ1n) is 4.08. The second-order valence-corrected chi connectivity index (χ2v) is 2.88. The number of rotatable bonds is 2. The van der Waals surface area contributed by atoms with Crippen LogP contribution in [0.5, 0.6) is 0 Å². The van der Waals surface area contributed by atoms with Gasteiger partial charge in [-0.05, 0) is 24.6 Å². The molecular weight excluding hydrogens is 207 g/mol. The zero-order valence-corrected chi connectivity index (χ0v) is 8.01. The molecule has 0 saturated carbocycles. The highest BCUT2D eigenvalue weighted by atomic mass is 19.4. The van der Waals surface area contributed by atoms with Crippen molar-refractivity contribution in [3.05, 3.63) is 42.5 Å². The quantitative estimate of drug-likeness (QED) is 0.549. The molecule has 0 N–H and O–H groups in total. The SMILES string of the molecule is [CH2]ON=C(C)c1cccc(C(F)(F)F)c1. The lowest BCUT2D eigenvalue weighted by Gasteiger charge is -2.07. The summed E-state index contributed by atoms with van der Waals surface area (Å²) in [6.45, 7) is 1.54. The van der Waals surface area contributed by atoms with Gasteiger partial charge in [0.05, 0.1) is 11.3 Å². The van der Waals surface area contributed by atoms with Crippen LogP contribution in [0.15, 0.2) is 29.4 Å². The summed E-state index contributed by atoms with van der Waals surface area (Å²) in [6, 6.07) is 4.85. The molecule has 0 spiro atoms. The van der Waals surface area contributed by atoms with Crippen molar-refractivity contribution >= 4 is 5.71 Å². The van der Waals surface area contributed by atoms with Gasteiger partial charge in [-0.15, -0.1) is 0 Å². The van der Waals surface area contributed by atoms with Gasteiger partial charge in [-0.2, -0.15) is 13.2 Å². The lowest BCUT2D eigenvalue weighted by molar-refractivity contribution is -0.137. The van der Waals surface area contributed by atoms with E-state index in [9.17, 15) is 13.2 Å². The molecule has 1 radical (unpaired) electrons. The third-order valence-electron chi connectivity index (χ3n) is 1.81. The minimum atomic E-state index is -4.35. The van der Waals surface area contributed by atoms with Crippen LogP contribution in [0.25, 0.3) is 0 Å². The van der Waals surface area contributed by atoms with Gasteiger partial charge in [0.15, 0.2) is 7.11 Å². The van der Waals surface area contributed by atoms with Crippen molar-refractivity contribution in [1.29, 1.82) is 0 Å². The smallest absolute Gasteiger partial charge is 0.392 e. The second-order valence-electron chi connectivity index (χ2n) is 2.88. The van der Waals surface area contributed by atoms with E-state index < -0.39 is 11.7 Å². The fourth-order valence-corrected chi connectivity index (χ4v) is 1.07. The number of benzene rings is 1. The number of hydrogen-bond acceptors (Lipinski definition) is 2. The fourth-order valence-electron chi connectivity index (χ4n) is 1.07. The molecule has 0 bridgehead atoms. The molecule has 0 amide bonds. The van der Waals surface area contributed by atoms with Crippen molar-refractivity contribution in [2.45, 2.75) is 13.1 Å². The Hall–Kier alpha value is -1.52. The second kappa shape index (κ2) is 4.33. The maximum absolute atomic E-state index is 12.3. The fraction of sp³-hybridized carbons (Fsp3) is 0.200. The van der Waals surface area contributed by atoms with Crippen LogP contribution >= 0.6 is 0 Å². The summed E-state index contributed by atoms with van der Waals surface area (Å²) >= 11 is 0. The zero-order valence-electron chi connectivity index (χ0n) is 8.01. The van der Waals surface area contributed by atoms with Crippen molar-refractivity contribution in [1.82, 2.24) is 0 Å². The topological polar surface area (TPSA) is 21.6 Å². The van der Waals surface area contributed by atoms with Crippen molar-refractivity contribution in [2.75, 3.05) is 0 Å². The van der Waals surface area contributed by atoms with E-state index in [2.05, 4.69) is 17.1 Å². The van der Waals surface area contributed by atoms with Gasteiger partial charge >= 0.3 is 6.18 Å². The molecule has 81 valence electrons. The van der Waals surface area contributed by atoms with Crippen LogP contribution in [0.3, 0.4) is 0 Å². The predicted molar refractivity (Wildman–Crippen MR) is 50.1 cm³/mol. The van der Waals surface area contributed by atoms with E-state index in [0.29, 0.717) is 11.3 Å². The molecule has 0 aliphatic heterocycles. The van der Waals surface area contributed by atoms with Crippen LogP contribution in [0.1, 0.15) is 18.1 Å². The van der Waals surface area contributed by atoms with Crippen LogP contribution in [0.4, 0.5) is 13.2 Å². The van der Waals surface area contributed by atoms with E-state index in [1.807, 2.05) is 0 Å². The van der Waals surface area contributed by atoms with E-state index in [-0.39, 0.29) is 0 Å². The standard InChI is InChI=1S/C10H9F3NO/c1-7(14-15-2)8-4-3-5-9(6-8)10(11,12)13/h3-6H,2H2,1H3. The highest BCUT2D eigenvalue weighted by Gasteiger charge is 2.30. The van der Waals surface area contributed by atoms with Gasteiger partial charge < -0.3 is 4.84 Å². The molecule has 0 heterocycles. The summed E-state index contributed by atoms with van der Waals surface area (Å²) in [5.74, 6) is 0. The summed E-state index contributed by atoms with van der Waals surface area (Å²) in [6.07, 6.45) is -4.35. The summed E-state index contributed by atoms with van der Waals surface area (Å²) in [5, 5.41) is 3.46. The first-order valence-corrected chi connectivity index (χ1v) is 4.08. The predicted octanol–water partition coefficient (Wildman–Crippen LogP) is 3.24. The Balaban J connectivity index is 3.08. The maximum atomic E-state index is 12.3. The third-order valence-corrected chi connectivity index (χ3v) is 1.81. The molecule has 0 aliphatic carbocycles. The summed E-state index contributed by atoms with van der Waals surface area (Å²) in [5.41, 5.74) is -0.0109. The number of alkyl halides is 3. The number of hydrogen-bond donors (Lipinski definition) is 0. The van der Waals surface area contributed by atoms with Crippen LogP contribution in [-0.2, 0) is 11.0 Å². The molecule has 0 fully saturated rings. The number of oxime groups is 1. The molecule has 1 rings (SSSR count). The largest absolute Gasteiger partial charge is 0.416 e. The lowest BCUT2D eigenvalue weighted by Crippen LogP contribution is -2.06. The average molecular weight is 216 g/mol. The van der Waals surface area contributed by atoms with Gasteiger partial charge in [-0.3, -0.25) is 0 Å². The van der Waals surface area contributed by atoms with Crippen LogP contribution in [-0.4, -0.2) is 5.71 Å². The van der Waals surface area contributed by atoms with E-state index in [0.717, 1.165) is 12.1 Å². The van der Waals surface area contributed by atoms with Crippen LogP contribution in [0.2, 0.25) is 0 Å². The van der Waals surface area contributed by atoms with Gasteiger partial charge in [-0.1, -0.05) is 17.3 Å². The first-order chi connectivity index (χ1) is 6.95. The molecule has 0 aromatic heterocycles. The zero-order chi connectivity index (χ0) is 11.5. The molecule has 0 atom stereocenters. The van der Waals surface area contributed by atoms with E-state index in [4.69, 9.17) is 0 Å². The Bertz CT molecular complexity index is 371. The Labute approximate surface area is 85.4 Å². The van der Waals surface area contributed by atoms with E-state index >= 15 is 0 Å². The minimum Gasteiger partial charge on any atom is -0.392 e. The van der Waals surface area contributed by atoms with E-state index in [1.165, 1.54) is 12.1 Å². The Morgan fingerprint density at radius 2 is 2.07 bits per heavy atom. The van der Waals surface area contributed by atoms with Gasteiger partial charge in [0.2, 0.25) is 0 Å². The van der Waals surface area contributed by atoms with Crippen LogP contribution in [0, 0.1) is 7.11 Å². The van der Waals surface area contributed by atoms with Gasteiger partial charge in [0, 0.05) is 0 Å². The summed E-state index contributed by atoms with van der Waals surface area (Å²) in [7, 11) is 3.01. The summed E-state index contributed by atoms with van der Waals surface area (Å²) in [4.78, 5) is 4.24. The minimum absolute atomic E-state index is 0.344. The van der Waals surface area contributed by atoms with Crippen molar-refractivity contribution in [3.8, 4) is 0 Å². The monoisotopic (exact) mass is 216 g/mol. The Morgan fingerprint density at radius 3 is 2.60 bits per heavy atom. The molecule has 0 aliphatic rings. The van der Waals surface area contributed by atoms with Crippen LogP contribution < -0.4 is 0 Å². The average Bonchev–Trinajstić information content (AvgIpc) is 2.17. The molecule has 0 saturated heterocycles. The molecule has 5 heteroatoms. The maximum Gasteiger partial charge on any atom is 0.416 e. The molecular formula is C10H9F3NO. The van der Waals surface area contributed by atoms with Crippen molar-refractivity contribution in [2.24, 2.45) is 5.16 Å². The number of halogens is 3. The Morgan fingerprint density at radius 1 is 1.40 bits per heavy atom. The highest BCUT2D eigenvalue weighted by Crippen LogP contribution is 2.29. The third kappa shape index (κ3) is 2.97.